The third-order valence-corrected chi connectivity index (χ3v) is 6.97. The third kappa shape index (κ3) is 7.72. The van der Waals surface area contributed by atoms with Gasteiger partial charge >= 0.3 is 5.97 Å². The Kier molecular flexibility index (Phi) is 9.16. The Balaban J connectivity index is 1.28. The van der Waals surface area contributed by atoms with Crippen molar-refractivity contribution in [2.24, 2.45) is 0 Å². The monoisotopic (exact) mass is 513 g/mol. The topological polar surface area (TPSA) is 83.9 Å². The molecule has 0 amide bonds. The number of ether oxygens (including phenoxy) is 2. The first kappa shape index (κ1) is 27.5. The van der Waals surface area contributed by atoms with E-state index in [2.05, 4.69) is 17.4 Å². The van der Waals surface area contributed by atoms with E-state index < -0.39 is 17.8 Å². The lowest BCUT2D eigenvalue weighted by Gasteiger charge is -2.27. The van der Waals surface area contributed by atoms with E-state index >= 15 is 0 Å². The summed E-state index contributed by atoms with van der Waals surface area (Å²) < 4.78 is 26.2. The molecular formula is C29H40FN3O4. The summed E-state index contributed by atoms with van der Waals surface area (Å²) in [5.74, 6) is -0.405. The molecule has 37 heavy (non-hydrogen) atoms. The molecule has 2 atom stereocenters. The lowest BCUT2D eigenvalue weighted by Crippen LogP contribution is -2.34. The van der Waals surface area contributed by atoms with Crippen LogP contribution in [0.2, 0.25) is 0 Å². The van der Waals surface area contributed by atoms with E-state index in [1.54, 1.807) is 6.07 Å². The van der Waals surface area contributed by atoms with Gasteiger partial charge in [-0.25, -0.2) is 9.37 Å². The number of benzene rings is 1. The number of nitrogens with zero attached hydrogens (tertiary/aromatic N) is 2. The van der Waals surface area contributed by atoms with Gasteiger partial charge in [-0.15, -0.1) is 0 Å². The lowest BCUT2D eigenvalue weighted by molar-refractivity contribution is -0.143. The Morgan fingerprint density at radius 3 is 2.89 bits per heavy atom. The van der Waals surface area contributed by atoms with Crippen molar-refractivity contribution < 1.29 is 23.8 Å². The molecule has 0 radical (unpaired) electrons. The Bertz CT molecular complexity index is 1070. The summed E-state index contributed by atoms with van der Waals surface area (Å²) in [5.41, 5.74) is 3.16. The number of rotatable bonds is 11. The van der Waals surface area contributed by atoms with E-state index in [9.17, 15) is 14.3 Å². The zero-order valence-corrected chi connectivity index (χ0v) is 22.3. The van der Waals surface area contributed by atoms with Gasteiger partial charge in [0.15, 0.2) is 0 Å². The quantitative estimate of drug-likeness (QED) is 0.403. The molecule has 202 valence electrons. The Labute approximate surface area is 219 Å². The van der Waals surface area contributed by atoms with Gasteiger partial charge in [-0.05, 0) is 94.2 Å². The highest BCUT2D eigenvalue weighted by atomic mass is 19.1. The second kappa shape index (κ2) is 12.3. The van der Waals surface area contributed by atoms with Gasteiger partial charge < -0.3 is 19.9 Å². The van der Waals surface area contributed by atoms with Crippen LogP contribution in [-0.4, -0.2) is 58.9 Å². The first-order valence-corrected chi connectivity index (χ1v) is 13.4. The Morgan fingerprint density at radius 2 is 2.11 bits per heavy atom. The second-order valence-electron chi connectivity index (χ2n) is 11.1. The molecule has 2 N–H and O–H groups in total. The number of hydrogen-bond acceptors (Lipinski definition) is 6. The lowest BCUT2D eigenvalue weighted by atomic mass is 9.99. The molecule has 8 heteroatoms. The van der Waals surface area contributed by atoms with Crippen LogP contribution in [0.3, 0.4) is 0 Å². The number of aromatic nitrogens is 1. The number of pyridine rings is 1. The van der Waals surface area contributed by atoms with Crippen molar-refractivity contribution in [3.05, 3.63) is 58.5 Å². The van der Waals surface area contributed by atoms with Crippen LogP contribution in [0.5, 0.6) is 0 Å². The van der Waals surface area contributed by atoms with Crippen molar-refractivity contribution >= 4 is 11.8 Å². The molecule has 1 fully saturated rings. The molecule has 1 unspecified atom stereocenters. The first-order chi connectivity index (χ1) is 17.7. The van der Waals surface area contributed by atoms with Crippen LogP contribution >= 0.6 is 0 Å². The minimum atomic E-state index is -0.990. The number of unbranched alkanes of at least 4 members (excludes halogenated alkanes) is 1. The van der Waals surface area contributed by atoms with Crippen LogP contribution in [0, 0.1) is 5.82 Å². The molecule has 0 bridgehead atoms. The highest BCUT2D eigenvalue weighted by Crippen LogP contribution is 2.31. The summed E-state index contributed by atoms with van der Waals surface area (Å²) in [4.78, 5) is 19.0. The smallest absolute Gasteiger partial charge is 0.325 e. The number of nitrogens with one attached hydrogen (secondary N) is 1. The summed E-state index contributed by atoms with van der Waals surface area (Å²) in [6.07, 6.45) is 5.79. The number of hydrogen-bond donors (Lipinski definition) is 2. The molecule has 1 saturated heterocycles. The fourth-order valence-electron chi connectivity index (χ4n) is 5.02. The van der Waals surface area contributed by atoms with Crippen molar-refractivity contribution in [2.45, 2.75) is 83.6 Å². The number of fused-ring (bicyclic) bond motifs is 1. The number of likely N-dealkylation sites (tertiary alicyclic amines) is 1. The minimum absolute atomic E-state index is 0.0317. The largest absolute Gasteiger partial charge is 0.480 e. The highest BCUT2D eigenvalue weighted by molar-refractivity contribution is 5.76. The van der Waals surface area contributed by atoms with E-state index in [1.165, 1.54) is 17.7 Å². The van der Waals surface area contributed by atoms with Crippen LogP contribution in [0.25, 0.3) is 0 Å². The third-order valence-electron chi connectivity index (χ3n) is 6.97. The molecule has 2 aliphatic rings. The number of carboxylic acid groups (broad SMARTS) is 1. The zero-order valence-electron chi connectivity index (χ0n) is 22.3. The minimum Gasteiger partial charge on any atom is -0.480 e. The van der Waals surface area contributed by atoms with Gasteiger partial charge in [0.2, 0.25) is 0 Å². The summed E-state index contributed by atoms with van der Waals surface area (Å²) in [6, 6.07) is 7.69. The molecule has 2 aromatic rings. The van der Waals surface area contributed by atoms with Crippen LogP contribution in [0.4, 0.5) is 10.2 Å². The molecule has 0 spiro atoms. The van der Waals surface area contributed by atoms with Crippen molar-refractivity contribution in [3.8, 4) is 0 Å². The van der Waals surface area contributed by atoms with Gasteiger partial charge in [0.05, 0.1) is 18.3 Å². The SMILES string of the molecule is CC(C)(C)OCc1ccc(F)cc1C(C(=O)O)N1CC[C@@H](OCCCCc2ccc3c(n2)NCCC3)C1. The molecule has 1 aromatic heterocycles. The maximum atomic E-state index is 14.2. The van der Waals surface area contributed by atoms with Gasteiger partial charge in [0, 0.05) is 31.9 Å². The second-order valence-corrected chi connectivity index (χ2v) is 11.1. The molecule has 7 nitrogen and oxygen atoms in total. The van der Waals surface area contributed by atoms with E-state index in [4.69, 9.17) is 14.5 Å². The zero-order chi connectivity index (χ0) is 26.4. The number of aliphatic carboxylic acids is 1. The average molecular weight is 514 g/mol. The van der Waals surface area contributed by atoms with Gasteiger partial charge in [-0.3, -0.25) is 9.69 Å². The summed E-state index contributed by atoms with van der Waals surface area (Å²) >= 11 is 0. The van der Waals surface area contributed by atoms with E-state index in [1.807, 2.05) is 25.7 Å². The van der Waals surface area contributed by atoms with Crippen molar-refractivity contribution in [1.82, 2.24) is 9.88 Å². The van der Waals surface area contributed by atoms with Gasteiger partial charge in [0.25, 0.3) is 0 Å². The maximum Gasteiger partial charge on any atom is 0.325 e. The fourth-order valence-corrected chi connectivity index (χ4v) is 5.02. The average Bonchev–Trinajstić information content (AvgIpc) is 3.30. The Hall–Kier alpha value is -2.55. The van der Waals surface area contributed by atoms with Crippen LogP contribution in [-0.2, 0) is 33.7 Å². The highest BCUT2D eigenvalue weighted by Gasteiger charge is 2.35. The fraction of sp³-hybridized carbons (Fsp3) is 0.586. The van der Waals surface area contributed by atoms with Crippen molar-refractivity contribution in [1.29, 1.82) is 0 Å². The number of carbonyl (C=O) groups is 1. The van der Waals surface area contributed by atoms with Crippen molar-refractivity contribution in [3.63, 3.8) is 0 Å². The summed E-state index contributed by atoms with van der Waals surface area (Å²) in [5, 5.41) is 13.5. The van der Waals surface area contributed by atoms with Crippen LogP contribution < -0.4 is 5.32 Å². The normalized spacial score (nSPS) is 18.9. The molecule has 3 heterocycles. The van der Waals surface area contributed by atoms with Gasteiger partial charge in [-0.1, -0.05) is 12.1 Å². The number of halogens is 1. The van der Waals surface area contributed by atoms with E-state index in [-0.39, 0.29) is 18.3 Å². The van der Waals surface area contributed by atoms with Crippen LogP contribution in [0.1, 0.15) is 74.9 Å². The summed E-state index contributed by atoms with van der Waals surface area (Å²) in [7, 11) is 0. The number of carboxylic acids is 1. The summed E-state index contributed by atoms with van der Waals surface area (Å²) in [6.45, 7) is 8.75. The number of anilines is 1. The molecule has 0 saturated carbocycles. The Morgan fingerprint density at radius 1 is 1.27 bits per heavy atom. The molecule has 2 aliphatic heterocycles. The molecule has 1 aromatic carbocycles. The van der Waals surface area contributed by atoms with E-state index in [0.29, 0.717) is 30.8 Å². The van der Waals surface area contributed by atoms with Gasteiger partial charge in [0.1, 0.15) is 17.7 Å². The van der Waals surface area contributed by atoms with Crippen molar-refractivity contribution in [2.75, 3.05) is 31.6 Å². The molecule has 4 rings (SSSR count). The predicted octanol–water partition coefficient (Wildman–Crippen LogP) is 5.13. The predicted molar refractivity (Wildman–Crippen MR) is 141 cm³/mol. The molecule has 0 aliphatic carbocycles. The van der Waals surface area contributed by atoms with E-state index in [0.717, 1.165) is 56.6 Å². The number of aryl methyl sites for hydroxylation is 2. The van der Waals surface area contributed by atoms with Gasteiger partial charge in [-0.2, -0.15) is 0 Å². The first-order valence-electron chi connectivity index (χ1n) is 13.4. The molecular weight excluding hydrogens is 473 g/mol. The van der Waals surface area contributed by atoms with Crippen LogP contribution in [0.15, 0.2) is 30.3 Å². The standard InChI is InChI=1S/C29H40FN3O4/c1-29(2,3)37-19-21-9-11-22(30)17-25(21)26(28(34)35)33-15-13-24(18-33)36-16-5-4-8-23-12-10-20-7-6-14-31-27(20)32-23/h9-12,17,24,26H,4-8,13-16,18-19H2,1-3H3,(H,31,32)(H,34,35)/t24-,26?/m1/s1. The maximum absolute atomic E-state index is 14.2.